The molecule has 2 heterocycles. The second-order valence-corrected chi connectivity index (χ2v) is 5.64. The van der Waals surface area contributed by atoms with E-state index in [0.29, 0.717) is 11.1 Å². The number of carbonyl (C=O) groups is 1. The van der Waals surface area contributed by atoms with Crippen molar-refractivity contribution in [1.82, 2.24) is 4.98 Å². The van der Waals surface area contributed by atoms with Crippen LogP contribution in [0.3, 0.4) is 0 Å². The Hall–Kier alpha value is -1.51. The lowest BCUT2D eigenvalue weighted by Gasteiger charge is -2.05. The van der Waals surface area contributed by atoms with Gasteiger partial charge in [-0.05, 0) is 33.6 Å². The highest BCUT2D eigenvalue weighted by Gasteiger charge is 2.22. The third-order valence-corrected chi connectivity index (χ3v) is 3.77. The maximum absolute atomic E-state index is 12.1. The van der Waals surface area contributed by atoms with Gasteiger partial charge >= 0.3 is 0 Å². The highest BCUT2D eigenvalue weighted by atomic mass is 79.9. The van der Waals surface area contributed by atoms with Gasteiger partial charge < -0.3 is 0 Å². The average molecular weight is 307 g/mol. The summed E-state index contributed by atoms with van der Waals surface area (Å²) < 4.78 is 0.878. The minimum atomic E-state index is -0.787. The standard InChI is InChI=1S/C12H7BrN2OS/c13-11-4-9(7-17-11)12(16)10(5-14)8-2-1-3-15-6-8/h1-4,6-7,10H. The molecule has 0 aliphatic heterocycles. The number of aromatic nitrogens is 1. The van der Waals surface area contributed by atoms with Gasteiger partial charge in [0.2, 0.25) is 0 Å². The largest absolute Gasteiger partial charge is 0.292 e. The number of rotatable bonds is 3. The van der Waals surface area contributed by atoms with Crippen LogP contribution in [-0.2, 0) is 0 Å². The van der Waals surface area contributed by atoms with Crippen LogP contribution in [0.5, 0.6) is 0 Å². The normalized spacial score (nSPS) is 11.8. The Morgan fingerprint density at radius 3 is 2.94 bits per heavy atom. The van der Waals surface area contributed by atoms with Gasteiger partial charge in [0.1, 0.15) is 5.92 Å². The Balaban J connectivity index is 2.32. The van der Waals surface area contributed by atoms with Crippen molar-refractivity contribution in [2.24, 2.45) is 0 Å². The molecule has 1 unspecified atom stereocenters. The summed E-state index contributed by atoms with van der Waals surface area (Å²) in [5.41, 5.74) is 1.18. The fourth-order valence-corrected chi connectivity index (χ4v) is 2.58. The molecule has 0 amide bonds. The van der Waals surface area contributed by atoms with E-state index in [1.165, 1.54) is 11.3 Å². The summed E-state index contributed by atoms with van der Waals surface area (Å²) in [7, 11) is 0. The van der Waals surface area contributed by atoms with Gasteiger partial charge in [0.15, 0.2) is 5.78 Å². The minimum Gasteiger partial charge on any atom is -0.292 e. The van der Waals surface area contributed by atoms with Gasteiger partial charge in [0.05, 0.1) is 9.86 Å². The lowest BCUT2D eigenvalue weighted by Crippen LogP contribution is -2.10. The topological polar surface area (TPSA) is 53.8 Å². The second-order valence-electron chi connectivity index (χ2n) is 3.35. The van der Waals surface area contributed by atoms with Crippen molar-refractivity contribution in [1.29, 1.82) is 5.26 Å². The number of hydrogen-bond donors (Lipinski definition) is 0. The second kappa shape index (κ2) is 5.21. The van der Waals surface area contributed by atoms with Crippen molar-refractivity contribution in [2.75, 3.05) is 0 Å². The summed E-state index contributed by atoms with van der Waals surface area (Å²) in [5.74, 6) is -0.979. The summed E-state index contributed by atoms with van der Waals surface area (Å²) in [5, 5.41) is 10.9. The van der Waals surface area contributed by atoms with E-state index in [1.54, 1.807) is 36.0 Å². The SMILES string of the molecule is N#CC(C(=O)c1csc(Br)c1)c1cccnc1. The predicted molar refractivity (Wildman–Crippen MR) is 68.9 cm³/mol. The molecular weight excluding hydrogens is 300 g/mol. The first kappa shape index (κ1) is 12.0. The maximum atomic E-state index is 12.1. The van der Waals surface area contributed by atoms with Crippen LogP contribution in [0.1, 0.15) is 21.8 Å². The lowest BCUT2D eigenvalue weighted by atomic mass is 9.94. The van der Waals surface area contributed by atoms with E-state index < -0.39 is 5.92 Å². The molecule has 84 valence electrons. The van der Waals surface area contributed by atoms with Crippen LogP contribution in [0.2, 0.25) is 0 Å². The van der Waals surface area contributed by atoms with Crippen LogP contribution in [0.15, 0.2) is 39.8 Å². The van der Waals surface area contributed by atoms with Crippen LogP contribution in [0, 0.1) is 11.3 Å². The highest BCUT2D eigenvalue weighted by Crippen LogP contribution is 2.26. The van der Waals surface area contributed by atoms with Crippen molar-refractivity contribution in [2.45, 2.75) is 5.92 Å². The monoisotopic (exact) mass is 306 g/mol. The first-order chi connectivity index (χ1) is 8.22. The molecular formula is C12H7BrN2OS. The van der Waals surface area contributed by atoms with Gasteiger partial charge in [0, 0.05) is 23.3 Å². The van der Waals surface area contributed by atoms with Gasteiger partial charge in [-0.1, -0.05) is 6.07 Å². The molecule has 3 nitrogen and oxygen atoms in total. The minimum absolute atomic E-state index is 0.192. The van der Waals surface area contributed by atoms with Crippen molar-refractivity contribution >= 4 is 33.0 Å². The molecule has 2 aromatic heterocycles. The lowest BCUT2D eigenvalue weighted by molar-refractivity contribution is 0.0979. The molecule has 0 aliphatic rings. The quantitative estimate of drug-likeness (QED) is 0.817. The number of carbonyl (C=O) groups excluding carboxylic acids is 1. The number of ketones is 1. The number of halogens is 1. The van der Waals surface area contributed by atoms with Crippen LogP contribution in [-0.4, -0.2) is 10.8 Å². The summed E-state index contributed by atoms with van der Waals surface area (Å²) in [6.45, 7) is 0. The van der Waals surface area contributed by atoms with Gasteiger partial charge in [-0.25, -0.2) is 0 Å². The van der Waals surface area contributed by atoms with Crippen molar-refractivity contribution in [3.05, 3.63) is 50.9 Å². The molecule has 2 aromatic rings. The Kier molecular flexibility index (Phi) is 3.67. The van der Waals surface area contributed by atoms with E-state index >= 15 is 0 Å². The van der Waals surface area contributed by atoms with Gasteiger partial charge in [-0.2, -0.15) is 5.26 Å². The molecule has 0 saturated carbocycles. The average Bonchev–Trinajstić information content (AvgIpc) is 2.78. The zero-order valence-corrected chi connectivity index (χ0v) is 11.0. The molecule has 0 saturated heterocycles. The summed E-state index contributed by atoms with van der Waals surface area (Å²) >= 11 is 4.73. The number of nitriles is 1. The number of pyridine rings is 1. The van der Waals surface area contributed by atoms with E-state index in [1.807, 2.05) is 6.07 Å². The first-order valence-electron chi connectivity index (χ1n) is 4.80. The Morgan fingerprint density at radius 1 is 1.59 bits per heavy atom. The van der Waals surface area contributed by atoms with E-state index in [4.69, 9.17) is 5.26 Å². The summed E-state index contributed by atoms with van der Waals surface area (Å²) in [6, 6.07) is 7.21. The fraction of sp³-hybridized carbons (Fsp3) is 0.0833. The molecule has 0 spiro atoms. The molecule has 0 aliphatic carbocycles. The van der Waals surface area contributed by atoms with E-state index in [-0.39, 0.29) is 5.78 Å². The van der Waals surface area contributed by atoms with Crippen LogP contribution in [0.4, 0.5) is 0 Å². The zero-order valence-electron chi connectivity index (χ0n) is 8.63. The summed E-state index contributed by atoms with van der Waals surface area (Å²) in [6.07, 6.45) is 3.16. The fourth-order valence-electron chi connectivity index (χ4n) is 1.44. The third kappa shape index (κ3) is 2.60. The Labute approximate surface area is 111 Å². The molecule has 0 bridgehead atoms. The van der Waals surface area contributed by atoms with Gasteiger partial charge in [-0.3, -0.25) is 9.78 Å². The Bertz CT molecular complexity index is 574. The molecule has 0 fully saturated rings. The number of thiophene rings is 1. The third-order valence-electron chi connectivity index (χ3n) is 2.26. The number of hydrogen-bond acceptors (Lipinski definition) is 4. The van der Waals surface area contributed by atoms with E-state index in [0.717, 1.165) is 3.79 Å². The van der Waals surface area contributed by atoms with Crippen LogP contribution >= 0.6 is 27.3 Å². The maximum Gasteiger partial charge on any atom is 0.185 e. The molecule has 17 heavy (non-hydrogen) atoms. The smallest absolute Gasteiger partial charge is 0.185 e. The summed E-state index contributed by atoms with van der Waals surface area (Å²) in [4.78, 5) is 16.1. The van der Waals surface area contributed by atoms with Gasteiger partial charge in [0.25, 0.3) is 0 Å². The van der Waals surface area contributed by atoms with Crippen molar-refractivity contribution in [3.8, 4) is 6.07 Å². The van der Waals surface area contributed by atoms with E-state index in [2.05, 4.69) is 20.9 Å². The molecule has 2 rings (SSSR count). The molecule has 1 atom stereocenters. The highest BCUT2D eigenvalue weighted by molar-refractivity contribution is 9.11. The van der Waals surface area contributed by atoms with Gasteiger partial charge in [-0.15, -0.1) is 11.3 Å². The molecule has 0 radical (unpaired) electrons. The van der Waals surface area contributed by atoms with Crippen molar-refractivity contribution < 1.29 is 4.79 Å². The zero-order chi connectivity index (χ0) is 12.3. The number of nitrogens with zero attached hydrogens (tertiary/aromatic N) is 2. The molecule has 5 heteroatoms. The number of Topliss-reactive ketones (excluding diaryl/α,β-unsaturated/α-hetero) is 1. The first-order valence-corrected chi connectivity index (χ1v) is 6.47. The van der Waals surface area contributed by atoms with E-state index in [9.17, 15) is 4.79 Å². The Morgan fingerprint density at radius 2 is 2.41 bits per heavy atom. The van der Waals surface area contributed by atoms with Crippen molar-refractivity contribution in [3.63, 3.8) is 0 Å². The molecule has 0 aromatic carbocycles. The van der Waals surface area contributed by atoms with Crippen LogP contribution < -0.4 is 0 Å². The van der Waals surface area contributed by atoms with Crippen LogP contribution in [0.25, 0.3) is 0 Å². The predicted octanol–water partition coefficient (Wildman–Crippen LogP) is 3.40. The molecule has 0 N–H and O–H groups in total.